The van der Waals surface area contributed by atoms with Gasteiger partial charge in [0, 0.05) is 42.4 Å². The van der Waals surface area contributed by atoms with Crippen LogP contribution in [0.15, 0.2) is 23.2 Å². The zero-order valence-electron chi connectivity index (χ0n) is 12.1. The number of thioether (sulfide) groups is 1. The summed E-state index contributed by atoms with van der Waals surface area (Å²) in [6, 6.07) is 3.42. The number of nitrogens with zero attached hydrogens (tertiary/aromatic N) is 2. The summed E-state index contributed by atoms with van der Waals surface area (Å²) in [4.78, 5) is 14.9. The van der Waals surface area contributed by atoms with Crippen LogP contribution in [0.1, 0.15) is 12.0 Å². The summed E-state index contributed by atoms with van der Waals surface area (Å²) >= 11 is 1.31. The van der Waals surface area contributed by atoms with Gasteiger partial charge in [0.25, 0.3) is 5.69 Å². The molecule has 0 amide bonds. The number of hydrogen-bond donors (Lipinski definition) is 2. The smallest absolute Gasteiger partial charge is 0.270 e. The van der Waals surface area contributed by atoms with Gasteiger partial charge in [0.15, 0.2) is 5.17 Å². The predicted molar refractivity (Wildman–Crippen MR) is 83.7 cm³/mol. The number of non-ortho nitro benzene ring substituents is 1. The van der Waals surface area contributed by atoms with E-state index in [0.29, 0.717) is 17.3 Å². The van der Waals surface area contributed by atoms with Crippen molar-refractivity contribution in [1.29, 1.82) is 0 Å². The molecule has 7 nitrogen and oxygen atoms in total. The van der Waals surface area contributed by atoms with Crippen LogP contribution < -0.4 is 5.73 Å². The maximum atomic E-state index is 14.5. The highest BCUT2D eigenvalue weighted by atomic mass is 32.2. The molecule has 3 rings (SSSR count). The second-order valence-electron chi connectivity index (χ2n) is 5.55. The number of aliphatic imine (C=N–C) groups is 1. The number of nitro benzene ring substituents is 1. The van der Waals surface area contributed by atoms with E-state index in [9.17, 15) is 19.6 Å². The first-order valence-electron chi connectivity index (χ1n) is 7.13. The molecule has 0 aromatic heterocycles. The summed E-state index contributed by atoms with van der Waals surface area (Å²) in [5.74, 6) is -0.374. The van der Waals surface area contributed by atoms with Crippen LogP contribution in [0.3, 0.4) is 0 Å². The van der Waals surface area contributed by atoms with E-state index in [-0.39, 0.29) is 30.4 Å². The molecule has 1 fully saturated rings. The minimum absolute atomic E-state index is 0.140. The Morgan fingerprint density at radius 3 is 3.09 bits per heavy atom. The molecule has 2 aliphatic heterocycles. The van der Waals surface area contributed by atoms with E-state index in [4.69, 9.17) is 10.5 Å². The molecule has 9 heteroatoms. The summed E-state index contributed by atoms with van der Waals surface area (Å²) in [5, 5.41) is 20.9. The Balaban J connectivity index is 2.18. The molecule has 23 heavy (non-hydrogen) atoms. The highest BCUT2D eigenvalue weighted by Gasteiger charge is 2.51. The lowest BCUT2D eigenvalue weighted by Crippen LogP contribution is -2.52. The Hall–Kier alpha value is -1.71. The van der Waals surface area contributed by atoms with Crippen LogP contribution in [0.25, 0.3) is 0 Å². The molecule has 1 aromatic rings. The molecule has 3 N–H and O–H groups in total. The van der Waals surface area contributed by atoms with Crippen molar-refractivity contribution >= 4 is 22.6 Å². The van der Waals surface area contributed by atoms with Crippen LogP contribution >= 0.6 is 11.8 Å². The fourth-order valence-corrected chi connectivity index (χ4v) is 4.36. The fraction of sp³-hybridized carbons (Fsp3) is 0.500. The van der Waals surface area contributed by atoms with E-state index in [2.05, 4.69) is 4.99 Å². The molecule has 2 aliphatic rings. The minimum Gasteiger partial charge on any atom is -0.394 e. The lowest BCUT2D eigenvalue weighted by atomic mass is 9.72. The van der Waals surface area contributed by atoms with Gasteiger partial charge >= 0.3 is 0 Å². The number of aliphatic hydroxyl groups excluding tert-OH is 1. The third kappa shape index (κ3) is 2.68. The number of benzene rings is 1. The van der Waals surface area contributed by atoms with E-state index >= 15 is 0 Å². The number of aliphatic hydroxyl groups is 1. The molecule has 0 saturated carbocycles. The molecule has 0 bridgehead atoms. The standard InChI is InChI=1S/C14H16FN3O4S/c15-11-2-1-8(18(20)21)5-9(11)14-3-4-22-12(6-19)10(14)7-23-13(16)17-14/h1-2,5,10,12,19H,3-4,6-7H2,(H2,16,17)/t10-,12-,14-/m1/s1. The largest absolute Gasteiger partial charge is 0.394 e. The molecular weight excluding hydrogens is 325 g/mol. The Bertz CT molecular complexity index is 671. The highest BCUT2D eigenvalue weighted by molar-refractivity contribution is 8.13. The molecule has 0 aliphatic carbocycles. The van der Waals surface area contributed by atoms with Gasteiger partial charge in [-0.3, -0.25) is 15.1 Å². The number of ether oxygens (including phenoxy) is 1. The molecule has 124 valence electrons. The second-order valence-corrected chi connectivity index (χ2v) is 6.60. The maximum absolute atomic E-state index is 14.5. The van der Waals surface area contributed by atoms with Crippen molar-refractivity contribution in [2.75, 3.05) is 19.0 Å². The molecule has 3 atom stereocenters. The number of fused-ring (bicyclic) bond motifs is 1. The monoisotopic (exact) mass is 341 g/mol. The second kappa shape index (κ2) is 6.06. The van der Waals surface area contributed by atoms with Crippen molar-refractivity contribution in [1.82, 2.24) is 0 Å². The van der Waals surface area contributed by atoms with Gasteiger partial charge in [0.1, 0.15) is 5.82 Å². The topological polar surface area (TPSA) is 111 Å². The Labute approximate surface area is 135 Å². The van der Waals surface area contributed by atoms with Crippen molar-refractivity contribution in [3.8, 4) is 0 Å². The average molecular weight is 341 g/mol. The summed E-state index contributed by atoms with van der Waals surface area (Å²) in [6.45, 7) is 0.0459. The quantitative estimate of drug-likeness (QED) is 0.635. The van der Waals surface area contributed by atoms with Crippen molar-refractivity contribution < 1.29 is 19.2 Å². The number of amidine groups is 1. The first-order chi connectivity index (χ1) is 11.0. The van der Waals surface area contributed by atoms with Gasteiger partial charge in [-0.2, -0.15) is 0 Å². The van der Waals surface area contributed by atoms with E-state index < -0.39 is 22.4 Å². The van der Waals surface area contributed by atoms with Gasteiger partial charge in [0.2, 0.25) is 0 Å². The Morgan fingerprint density at radius 1 is 1.61 bits per heavy atom. The normalized spacial score (nSPS) is 30.4. The average Bonchev–Trinajstić information content (AvgIpc) is 2.53. The molecule has 2 heterocycles. The van der Waals surface area contributed by atoms with Crippen molar-refractivity contribution in [3.63, 3.8) is 0 Å². The Morgan fingerprint density at radius 2 is 2.39 bits per heavy atom. The van der Waals surface area contributed by atoms with Gasteiger partial charge in [-0.1, -0.05) is 11.8 Å². The van der Waals surface area contributed by atoms with Gasteiger partial charge in [-0.15, -0.1) is 0 Å². The van der Waals surface area contributed by atoms with Crippen LogP contribution in [0.2, 0.25) is 0 Å². The lowest BCUT2D eigenvalue weighted by molar-refractivity contribution is -0.385. The van der Waals surface area contributed by atoms with E-state index in [1.54, 1.807) is 0 Å². The zero-order chi connectivity index (χ0) is 16.6. The van der Waals surface area contributed by atoms with Gasteiger partial charge in [-0.25, -0.2) is 4.39 Å². The molecule has 0 radical (unpaired) electrons. The molecule has 0 spiro atoms. The zero-order valence-corrected chi connectivity index (χ0v) is 13.0. The third-order valence-electron chi connectivity index (χ3n) is 4.40. The summed E-state index contributed by atoms with van der Waals surface area (Å²) in [7, 11) is 0. The lowest BCUT2D eigenvalue weighted by Gasteiger charge is -2.47. The Kier molecular flexibility index (Phi) is 4.26. The molecular formula is C14H16FN3O4S. The van der Waals surface area contributed by atoms with Crippen molar-refractivity contribution in [2.45, 2.75) is 18.1 Å². The van der Waals surface area contributed by atoms with Crippen LogP contribution in [-0.2, 0) is 10.3 Å². The van der Waals surface area contributed by atoms with E-state index in [1.807, 2.05) is 0 Å². The first-order valence-corrected chi connectivity index (χ1v) is 8.11. The van der Waals surface area contributed by atoms with Crippen LogP contribution in [0, 0.1) is 21.8 Å². The summed E-state index contributed by atoms with van der Waals surface area (Å²) in [5.41, 5.74) is 4.75. The van der Waals surface area contributed by atoms with Gasteiger partial charge < -0.3 is 15.6 Å². The number of rotatable bonds is 3. The SMILES string of the molecule is NC1=N[C@@]2(c3cc([N+](=O)[O-])ccc3F)CCO[C@H](CO)[C@H]2CS1. The van der Waals surface area contributed by atoms with Crippen LogP contribution in [-0.4, -0.2) is 40.3 Å². The summed E-state index contributed by atoms with van der Waals surface area (Å²) < 4.78 is 20.1. The first kappa shape index (κ1) is 16.2. The van der Waals surface area contributed by atoms with Crippen LogP contribution in [0.5, 0.6) is 0 Å². The highest BCUT2D eigenvalue weighted by Crippen LogP contribution is 2.48. The molecule has 0 unspecified atom stereocenters. The third-order valence-corrected chi connectivity index (χ3v) is 5.32. The van der Waals surface area contributed by atoms with Crippen LogP contribution in [0.4, 0.5) is 10.1 Å². The molecule has 1 aromatic carbocycles. The fourth-order valence-electron chi connectivity index (χ4n) is 3.30. The number of halogens is 1. The van der Waals surface area contributed by atoms with E-state index in [0.717, 1.165) is 12.1 Å². The maximum Gasteiger partial charge on any atom is 0.270 e. The van der Waals surface area contributed by atoms with Gasteiger partial charge in [0.05, 0.1) is 23.2 Å². The number of nitro groups is 1. The molecule has 1 saturated heterocycles. The summed E-state index contributed by atoms with van der Waals surface area (Å²) in [6.07, 6.45) is -0.153. The predicted octanol–water partition coefficient (Wildman–Crippen LogP) is 1.39. The number of hydrogen-bond acceptors (Lipinski definition) is 7. The van der Waals surface area contributed by atoms with E-state index in [1.165, 1.54) is 17.8 Å². The van der Waals surface area contributed by atoms with Crippen molar-refractivity contribution in [3.05, 3.63) is 39.7 Å². The van der Waals surface area contributed by atoms with Gasteiger partial charge in [-0.05, 0) is 6.07 Å². The minimum atomic E-state index is -1.04. The number of nitrogens with two attached hydrogens (primary N) is 1. The van der Waals surface area contributed by atoms with Crippen molar-refractivity contribution in [2.24, 2.45) is 16.6 Å².